The summed E-state index contributed by atoms with van der Waals surface area (Å²) in [4.78, 5) is 11.6. The molecule has 0 fully saturated rings. The van der Waals surface area contributed by atoms with Gasteiger partial charge in [-0.15, -0.1) is 0 Å². The maximum absolute atomic E-state index is 11.6. The van der Waals surface area contributed by atoms with Crippen LogP contribution >= 0.6 is 11.6 Å². The Morgan fingerprint density at radius 3 is 2.79 bits per heavy atom. The van der Waals surface area contributed by atoms with Crippen LogP contribution in [0.3, 0.4) is 0 Å². The van der Waals surface area contributed by atoms with Crippen molar-refractivity contribution in [3.05, 3.63) is 46.5 Å². The maximum atomic E-state index is 11.6. The Labute approximate surface area is 116 Å². The predicted molar refractivity (Wildman–Crippen MR) is 74.0 cm³/mol. The smallest absolute Gasteiger partial charge is 0.310 e. The molecule has 0 saturated heterocycles. The third-order valence-electron chi connectivity index (χ3n) is 2.83. The summed E-state index contributed by atoms with van der Waals surface area (Å²) >= 11 is 6.15. The van der Waals surface area contributed by atoms with Crippen LogP contribution in [0, 0.1) is 11.3 Å². The van der Waals surface area contributed by atoms with Gasteiger partial charge in [0.2, 0.25) is 0 Å². The van der Waals surface area contributed by atoms with Crippen LogP contribution in [-0.2, 0) is 16.0 Å². The summed E-state index contributed by atoms with van der Waals surface area (Å²) in [6, 6.07) is 11.0. The van der Waals surface area contributed by atoms with Gasteiger partial charge in [0.05, 0.1) is 24.7 Å². The van der Waals surface area contributed by atoms with Crippen LogP contribution < -0.4 is 0 Å². The van der Waals surface area contributed by atoms with Crippen LogP contribution in [0.15, 0.2) is 30.3 Å². The van der Waals surface area contributed by atoms with Crippen molar-refractivity contribution < 1.29 is 9.53 Å². The molecule has 0 atom stereocenters. The molecule has 0 heterocycles. The standard InChI is InChI=1S/C15H12ClNO2/c1-2-19-15(18)8-13-12-7-10(9-17)3-4-11(12)5-6-14(13)16/h3-7H,2,8H2,1H3. The molecule has 3 nitrogen and oxygen atoms in total. The SMILES string of the molecule is CCOC(=O)Cc1c(Cl)ccc2ccc(C#N)cc12. The number of ether oxygens (including phenoxy) is 1. The third-order valence-corrected chi connectivity index (χ3v) is 3.19. The molecular formula is C15H12ClNO2. The minimum atomic E-state index is -0.320. The van der Waals surface area contributed by atoms with Crippen molar-refractivity contribution in [3.63, 3.8) is 0 Å². The lowest BCUT2D eigenvalue weighted by atomic mass is 10.00. The average molecular weight is 274 g/mol. The zero-order valence-electron chi connectivity index (χ0n) is 10.4. The van der Waals surface area contributed by atoms with E-state index >= 15 is 0 Å². The van der Waals surface area contributed by atoms with E-state index in [4.69, 9.17) is 21.6 Å². The van der Waals surface area contributed by atoms with Gasteiger partial charge in [0.25, 0.3) is 0 Å². The predicted octanol–water partition coefficient (Wildman–Crippen LogP) is 3.47. The Hall–Kier alpha value is -2.05. The molecule has 19 heavy (non-hydrogen) atoms. The minimum Gasteiger partial charge on any atom is -0.466 e. The zero-order valence-corrected chi connectivity index (χ0v) is 11.2. The normalized spacial score (nSPS) is 10.2. The van der Waals surface area contributed by atoms with E-state index in [1.54, 1.807) is 25.1 Å². The first-order valence-corrected chi connectivity index (χ1v) is 6.30. The van der Waals surface area contributed by atoms with Gasteiger partial charge in [-0.05, 0) is 41.5 Å². The summed E-state index contributed by atoms with van der Waals surface area (Å²) in [6.07, 6.45) is 0.110. The summed E-state index contributed by atoms with van der Waals surface area (Å²) in [7, 11) is 0. The van der Waals surface area contributed by atoms with Gasteiger partial charge in [-0.3, -0.25) is 4.79 Å². The number of hydrogen-bond donors (Lipinski definition) is 0. The highest BCUT2D eigenvalue weighted by Crippen LogP contribution is 2.27. The van der Waals surface area contributed by atoms with Gasteiger partial charge in [-0.1, -0.05) is 23.7 Å². The van der Waals surface area contributed by atoms with Gasteiger partial charge < -0.3 is 4.74 Å². The van der Waals surface area contributed by atoms with Gasteiger partial charge in [-0.2, -0.15) is 5.26 Å². The molecule has 0 saturated carbocycles. The number of esters is 1. The second kappa shape index (κ2) is 5.73. The fraction of sp³-hybridized carbons (Fsp3) is 0.200. The molecule has 2 rings (SSSR count). The van der Waals surface area contributed by atoms with Crippen LogP contribution in [0.2, 0.25) is 5.02 Å². The van der Waals surface area contributed by atoms with Crippen LogP contribution in [0.4, 0.5) is 0 Å². The number of benzene rings is 2. The lowest BCUT2D eigenvalue weighted by molar-refractivity contribution is -0.142. The molecule has 2 aromatic carbocycles. The van der Waals surface area contributed by atoms with E-state index in [0.29, 0.717) is 22.8 Å². The molecule has 0 bridgehead atoms. The van der Waals surface area contributed by atoms with Crippen molar-refractivity contribution in [2.45, 2.75) is 13.3 Å². The second-order valence-electron chi connectivity index (χ2n) is 4.06. The number of carbonyl (C=O) groups is 1. The lowest BCUT2D eigenvalue weighted by Gasteiger charge is -2.09. The van der Waals surface area contributed by atoms with Crippen LogP contribution in [0.1, 0.15) is 18.1 Å². The highest BCUT2D eigenvalue weighted by molar-refractivity contribution is 6.32. The molecule has 0 spiro atoms. The van der Waals surface area contributed by atoms with Crippen LogP contribution in [0.5, 0.6) is 0 Å². The van der Waals surface area contributed by atoms with Crippen LogP contribution in [0.25, 0.3) is 10.8 Å². The van der Waals surface area contributed by atoms with Gasteiger partial charge in [0, 0.05) is 5.02 Å². The van der Waals surface area contributed by atoms with Gasteiger partial charge in [-0.25, -0.2) is 0 Å². The summed E-state index contributed by atoms with van der Waals surface area (Å²) in [5.41, 5.74) is 1.24. The van der Waals surface area contributed by atoms with E-state index in [-0.39, 0.29) is 12.4 Å². The summed E-state index contributed by atoms with van der Waals surface area (Å²) < 4.78 is 4.94. The molecule has 0 amide bonds. The van der Waals surface area contributed by atoms with Crippen molar-refractivity contribution >= 4 is 28.3 Å². The third kappa shape index (κ3) is 2.86. The molecule has 4 heteroatoms. The molecule has 0 radical (unpaired) electrons. The Balaban J connectivity index is 2.54. The lowest BCUT2D eigenvalue weighted by Crippen LogP contribution is -2.08. The fourth-order valence-electron chi connectivity index (χ4n) is 1.96. The minimum absolute atomic E-state index is 0.110. The Kier molecular flexibility index (Phi) is 4.03. The number of fused-ring (bicyclic) bond motifs is 1. The van der Waals surface area contributed by atoms with Crippen LogP contribution in [-0.4, -0.2) is 12.6 Å². The maximum Gasteiger partial charge on any atom is 0.310 e. The van der Waals surface area contributed by atoms with E-state index in [2.05, 4.69) is 6.07 Å². The zero-order chi connectivity index (χ0) is 13.8. The van der Waals surface area contributed by atoms with E-state index in [9.17, 15) is 4.79 Å². The summed E-state index contributed by atoms with van der Waals surface area (Å²) in [5.74, 6) is -0.320. The monoisotopic (exact) mass is 273 g/mol. The molecule has 96 valence electrons. The largest absolute Gasteiger partial charge is 0.466 e. The second-order valence-corrected chi connectivity index (χ2v) is 4.46. The Morgan fingerprint density at radius 2 is 2.11 bits per heavy atom. The van der Waals surface area contributed by atoms with Crippen molar-refractivity contribution in [1.29, 1.82) is 5.26 Å². The average Bonchev–Trinajstić information content (AvgIpc) is 2.42. The number of hydrogen-bond acceptors (Lipinski definition) is 3. The Bertz CT molecular complexity index is 674. The Morgan fingerprint density at radius 1 is 1.37 bits per heavy atom. The molecule has 0 aromatic heterocycles. The summed E-state index contributed by atoms with van der Waals surface area (Å²) in [6.45, 7) is 2.10. The number of nitrogens with zero attached hydrogens (tertiary/aromatic N) is 1. The first-order chi connectivity index (χ1) is 9.15. The molecule has 2 aromatic rings. The molecule has 0 aliphatic rings. The molecule has 0 unspecified atom stereocenters. The molecule has 0 aliphatic heterocycles. The molecular weight excluding hydrogens is 262 g/mol. The number of nitriles is 1. The van der Waals surface area contributed by atoms with E-state index in [0.717, 1.165) is 10.8 Å². The number of rotatable bonds is 3. The van der Waals surface area contributed by atoms with Gasteiger partial charge in [0.15, 0.2) is 0 Å². The van der Waals surface area contributed by atoms with E-state index < -0.39 is 0 Å². The molecule has 0 aliphatic carbocycles. The first kappa shape index (κ1) is 13.4. The van der Waals surface area contributed by atoms with Crippen molar-refractivity contribution in [2.75, 3.05) is 6.61 Å². The fourth-order valence-corrected chi connectivity index (χ4v) is 2.19. The first-order valence-electron chi connectivity index (χ1n) is 5.92. The number of halogens is 1. The van der Waals surface area contributed by atoms with Gasteiger partial charge >= 0.3 is 5.97 Å². The van der Waals surface area contributed by atoms with Crippen molar-refractivity contribution in [1.82, 2.24) is 0 Å². The van der Waals surface area contributed by atoms with E-state index in [1.165, 1.54) is 0 Å². The number of carbonyl (C=O) groups excluding carboxylic acids is 1. The van der Waals surface area contributed by atoms with Crippen molar-refractivity contribution in [2.24, 2.45) is 0 Å². The summed E-state index contributed by atoms with van der Waals surface area (Å²) in [5, 5.41) is 11.2. The topological polar surface area (TPSA) is 50.1 Å². The molecule has 0 N–H and O–H groups in total. The van der Waals surface area contributed by atoms with Crippen molar-refractivity contribution in [3.8, 4) is 6.07 Å². The van der Waals surface area contributed by atoms with E-state index in [1.807, 2.05) is 12.1 Å². The highest BCUT2D eigenvalue weighted by atomic mass is 35.5. The highest BCUT2D eigenvalue weighted by Gasteiger charge is 2.12. The van der Waals surface area contributed by atoms with Gasteiger partial charge in [0.1, 0.15) is 0 Å². The quantitative estimate of drug-likeness (QED) is 0.805.